The minimum atomic E-state index is -0.312. The smallest absolute Gasteiger partial charge is 0.246 e. The average molecular weight is 257 g/mol. The van der Waals surface area contributed by atoms with Gasteiger partial charge in [-0.15, -0.1) is 0 Å². The number of nitrogens with zero attached hydrogens (tertiary/aromatic N) is 1. The largest absolute Gasteiger partial charge is 0.366 e. The molecule has 0 atom stereocenters. The van der Waals surface area contributed by atoms with Crippen LogP contribution in [0.1, 0.15) is 18.4 Å². The second-order valence-electron chi connectivity index (χ2n) is 5.21. The molecular formula is C15H19N3O. The normalized spacial score (nSPS) is 19.8. The molecular weight excluding hydrogens is 238 g/mol. The molecule has 1 aromatic rings. The fourth-order valence-corrected chi connectivity index (χ4v) is 2.94. The summed E-state index contributed by atoms with van der Waals surface area (Å²) >= 11 is 0. The molecule has 2 aliphatic heterocycles. The summed E-state index contributed by atoms with van der Waals surface area (Å²) in [5.74, 6) is -0.312. The third kappa shape index (κ3) is 2.36. The van der Waals surface area contributed by atoms with E-state index >= 15 is 0 Å². The fourth-order valence-electron chi connectivity index (χ4n) is 2.94. The molecule has 3 rings (SSSR count). The topological polar surface area (TPSA) is 58.4 Å². The number of piperidine rings is 1. The summed E-state index contributed by atoms with van der Waals surface area (Å²) in [5.41, 5.74) is 8.59. The Hall–Kier alpha value is -1.81. The third-order valence-electron chi connectivity index (χ3n) is 3.96. The molecule has 100 valence electrons. The first-order chi connectivity index (χ1) is 9.25. The molecule has 0 bridgehead atoms. The molecule has 1 aromatic carbocycles. The van der Waals surface area contributed by atoms with Crippen molar-refractivity contribution >= 4 is 11.6 Å². The van der Waals surface area contributed by atoms with E-state index in [2.05, 4.69) is 28.4 Å². The van der Waals surface area contributed by atoms with Crippen molar-refractivity contribution in [2.45, 2.75) is 25.3 Å². The minimum absolute atomic E-state index is 0.312. The average Bonchev–Trinajstić information content (AvgIpc) is 2.47. The van der Waals surface area contributed by atoms with E-state index in [1.165, 1.54) is 11.3 Å². The van der Waals surface area contributed by atoms with Gasteiger partial charge in [0.1, 0.15) is 0 Å². The lowest BCUT2D eigenvalue weighted by Crippen LogP contribution is -2.42. The van der Waals surface area contributed by atoms with Crippen LogP contribution in [0.4, 0.5) is 5.69 Å². The lowest BCUT2D eigenvalue weighted by molar-refractivity contribution is -0.114. The number of amides is 1. The maximum absolute atomic E-state index is 11.5. The number of nitrogens with one attached hydrogen (secondary N) is 1. The summed E-state index contributed by atoms with van der Waals surface area (Å²) in [6, 6.07) is 8.74. The van der Waals surface area contributed by atoms with E-state index in [-0.39, 0.29) is 5.91 Å². The third-order valence-corrected chi connectivity index (χ3v) is 3.96. The van der Waals surface area contributed by atoms with Gasteiger partial charge in [-0.05, 0) is 37.6 Å². The lowest BCUT2D eigenvalue weighted by Gasteiger charge is -2.37. The van der Waals surface area contributed by atoms with Gasteiger partial charge in [0.15, 0.2) is 0 Å². The monoisotopic (exact) mass is 257 g/mol. The Labute approximate surface area is 113 Å². The Morgan fingerprint density at radius 1 is 1.26 bits per heavy atom. The van der Waals surface area contributed by atoms with Crippen LogP contribution in [0, 0.1) is 0 Å². The Morgan fingerprint density at radius 2 is 2.00 bits per heavy atom. The van der Waals surface area contributed by atoms with Crippen LogP contribution < -0.4 is 16.0 Å². The highest BCUT2D eigenvalue weighted by Crippen LogP contribution is 2.32. The van der Waals surface area contributed by atoms with Crippen LogP contribution in [0.5, 0.6) is 0 Å². The fraction of sp³-hybridized carbons (Fsp3) is 0.400. The standard InChI is InChI=1S/C15H19N3O/c16-15(19)12-9-11-3-1-2-4-14(11)18(10-12)13-5-7-17-8-6-13/h1-4,10,13,17H,5-9H2,(H2,16,19). The molecule has 0 spiro atoms. The van der Waals surface area contributed by atoms with Gasteiger partial charge in [0, 0.05) is 29.9 Å². The minimum Gasteiger partial charge on any atom is -0.366 e. The van der Waals surface area contributed by atoms with Gasteiger partial charge in [0.2, 0.25) is 5.91 Å². The van der Waals surface area contributed by atoms with Crippen LogP contribution in [-0.4, -0.2) is 25.0 Å². The van der Waals surface area contributed by atoms with Gasteiger partial charge in [0.05, 0.1) is 0 Å². The number of fused-ring (bicyclic) bond motifs is 1. The SMILES string of the molecule is NC(=O)C1=CN(C2CCNCC2)c2ccccc2C1. The number of para-hydroxylation sites is 1. The van der Waals surface area contributed by atoms with E-state index in [0.717, 1.165) is 25.9 Å². The Balaban J connectivity index is 1.97. The van der Waals surface area contributed by atoms with Gasteiger partial charge in [0.25, 0.3) is 0 Å². The summed E-state index contributed by atoms with van der Waals surface area (Å²) < 4.78 is 0. The molecule has 2 heterocycles. The van der Waals surface area contributed by atoms with E-state index in [1.54, 1.807) is 0 Å². The molecule has 1 saturated heterocycles. The predicted molar refractivity (Wildman–Crippen MR) is 75.8 cm³/mol. The summed E-state index contributed by atoms with van der Waals surface area (Å²) in [6.07, 6.45) is 4.79. The molecule has 0 radical (unpaired) electrons. The van der Waals surface area contributed by atoms with Gasteiger partial charge in [-0.3, -0.25) is 4.79 Å². The molecule has 1 amide bonds. The van der Waals surface area contributed by atoms with E-state index in [4.69, 9.17) is 5.73 Å². The molecule has 4 heteroatoms. The molecule has 2 aliphatic rings. The zero-order valence-corrected chi connectivity index (χ0v) is 10.9. The zero-order valence-electron chi connectivity index (χ0n) is 10.9. The van der Waals surface area contributed by atoms with Crippen molar-refractivity contribution in [2.24, 2.45) is 5.73 Å². The van der Waals surface area contributed by atoms with Crippen LogP contribution in [0.25, 0.3) is 0 Å². The van der Waals surface area contributed by atoms with Crippen LogP contribution >= 0.6 is 0 Å². The molecule has 19 heavy (non-hydrogen) atoms. The van der Waals surface area contributed by atoms with Crippen LogP contribution in [-0.2, 0) is 11.2 Å². The molecule has 0 aliphatic carbocycles. The van der Waals surface area contributed by atoms with Crippen molar-refractivity contribution in [3.05, 3.63) is 41.6 Å². The Morgan fingerprint density at radius 3 is 2.74 bits per heavy atom. The number of rotatable bonds is 2. The Kier molecular flexibility index (Phi) is 3.25. The van der Waals surface area contributed by atoms with Gasteiger partial charge in [-0.1, -0.05) is 18.2 Å². The van der Waals surface area contributed by atoms with Crippen molar-refractivity contribution in [3.63, 3.8) is 0 Å². The van der Waals surface area contributed by atoms with Gasteiger partial charge in [-0.2, -0.15) is 0 Å². The highest BCUT2D eigenvalue weighted by molar-refractivity contribution is 5.94. The van der Waals surface area contributed by atoms with Crippen LogP contribution in [0.3, 0.4) is 0 Å². The van der Waals surface area contributed by atoms with Crippen molar-refractivity contribution in [3.8, 4) is 0 Å². The number of nitrogens with two attached hydrogens (primary N) is 1. The molecule has 3 N–H and O–H groups in total. The molecule has 0 aromatic heterocycles. The highest BCUT2D eigenvalue weighted by atomic mass is 16.1. The molecule has 4 nitrogen and oxygen atoms in total. The summed E-state index contributed by atoms with van der Waals surface area (Å²) in [7, 11) is 0. The summed E-state index contributed by atoms with van der Waals surface area (Å²) in [4.78, 5) is 13.8. The van der Waals surface area contributed by atoms with E-state index < -0.39 is 0 Å². The number of hydrogen-bond acceptors (Lipinski definition) is 3. The maximum Gasteiger partial charge on any atom is 0.246 e. The van der Waals surface area contributed by atoms with Crippen LogP contribution in [0.2, 0.25) is 0 Å². The number of hydrogen-bond donors (Lipinski definition) is 2. The summed E-state index contributed by atoms with van der Waals surface area (Å²) in [5, 5.41) is 3.37. The van der Waals surface area contributed by atoms with E-state index in [1.807, 2.05) is 12.3 Å². The molecule has 0 saturated carbocycles. The number of carbonyl (C=O) groups is 1. The number of carbonyl (C=O) groups excluding carboxylic acids is 1. The number of primary amides is 1. The van der Waals surface area contributed by atoms with Gasteiger partial charge in [-0.25, -0.2) is 0 Å². The summed E-state index contributed by atoms with van der Waals surface area (Å²) in [6.45, 7) is 2.06. The van der Waals surface area contributed by atoms with E-state index in [9.17, 15) is 4.79 Å². The van der Waals surface area contributed by atoms with Crippen molar-refractivity contribution < 1.29 is 4.79 Å². The van der Waals surface area contributed by atoms with Crippen molar-refractivity contribution in [1.82, 2.24) is 5.32 Å². The van der Waals surface area contributed by atoms with Crippen LogP contribution in [0.15, 0.2) is 36.0 Å². The maximum atomic E-state index is 11.5. The first kappa shape index (κ1) is 12.2. The highest BCUT2D eigenvalue weighted by Gasteiger charge is 2.26. The van der Waals surface area contributed by atoms with Gasteiger partial charge < -0.3 is 16.0 Å². The first-order valence-electron chi connectivity index (χ1n) is 6.83. The number of benzene rings is 1. The predicted octanol–water partition coefficient (Wildman–Crippen LogP) is 1.17. The second kappa shape index (κ2) is 5.05. The van der Waals surface area contributed by atoms with Crippen molar-refractivity contribution in [2.75, 3.05) is 18.0 Å². The Bertz CT molecular complexity index is 518. The second-order valence-corrected chi connectivity index (χ2v) is 5.21. The lowest BCUT2D eigenvalue weighted by atomic mass is 9.95. The van der Waals surface area contributed by atoms with E-state index in [0.29, 0.717) is 18.0 Å². The van der Waals surface area contributed by atoms with Crippen molar-refractivity contribution in [1.29, 1.82) is 0 Å². The number of anilines is 1. The first-order valence-corrected chi connectivity index (χ1v) is 6.83. The quantitative estimate of drug-likeness (QED) is 0.836. The molecule has 0 unspecified atom stereocenters. The van der Waals surface area contributed by atoms with Gasteiger partial charge >= 0.3 is 0 Å². The molecule has 1 fully saturated rings. The zero-order chi connectivity index (χ0) is 13.2.